The number of rotatable bonds is 6. The van der Waals surface area contributed by atoms with Crippen LogP contribution in [0.15, 0.2) is 11.4 Å². The molecule has 0 aliphatic rings. The van der Waals surface area contributed by atoms with Crippen LogP contribution in [-0.4, -0.2) is 41.8 Å². The molecule has 0 saturated heterocycles. The molecule has 2 aromatic heterocycles. The van der Waals surface area contributed by atoms with Gasteiger partial charge in [-0.25, -0.2) is 4.79 Å². The number of nitrogens with one attached hydrogen (secondary N) is 1. The first-order chi connectivity index (χ1) is 11.3. The van der Waals surface area contributed by atoms with E-state index in [9.17, 15) is 9.59 Å². The van der Waals surface area contributed by atoms with Gasteiger partial charge in [-0.3, -0.25) is 9.69 Å². The number of methoxy groups -OCH3 is 1. The first kappa shape index (κ1) is 18.4. The maximum atomic E-state index is 12.9. The van der Waals surface area contributed by atoms with E-state index in [1.165, 1.54) is 17.6 Å². The van der Waals surface area contributed by atoms with Gasteiger partial charge in [0.25, 0.3) is 0 Å². The molecule has 0 aliphatic heterocycles. The van der Waals surface area contributed by atoms with Gasteiger partial charge in [-0.2, -0.15) is 0 Å². The molecular formula is C18H24N2O3S. The number of aromatic nitrogens is 1. The smallest absolute Gasteiger partial charge is 0.339 e. The van der Waals surface area contributed by atoms with Crippen molar-refractivity contribution in [1.82, 2.24) is 9.88 Å². The molecule has 0 bridgehead atoms. The van der Waals surface area contributed by atoms with E-state index in [2.05, 4.69) is 23.4 Å². The van der Waals surface area contributed by atoms with E-state index < -0.39 is 5.97 Å². The Labute approximate surface area is 146 Å². The number of ketones is 1. The second-order valence-electron chi connectivity index (χ2n) is 6.10. The van der Waals surface area contributed by atoms with Crippen molar-refractivity contribution in [2.45, 2.75) is 40.3 Å². The SMILES string of the molecule is COC(=O)c1c(C)[nH]c(C(=O)C(C)N(C)Cc2sccc2C)c1C. The number of likely N-dealkylation sites (N-methyl/N-ethyl adjacent to an activating group) is 1. The molecule has 2 aromatic rings. The van der Waals surface area contributed by atoms with Crippen LogP contribution in [0.5, 0.6) is 0 Å². The van der Waals surface area contributed by atoms with E-state index in [1.54, 1.807) is 25.2 Å². The monoisotopic (exact) mass is 348 g/mol. The number of H-pyrrole nitrogens is 1. The van der Waals surface area contributed by atoms with Crippen LogP contribution in [0.1, 0.15) is 49.5 Å². The van der Waals surface area contributed by atoms with E-state index in [0.29, 0.717) is 22.5 Å². The van der Waals surface area contributed by atoms with Crippen LogP contribution in [-0.2, 0) is 11.3 Å². The zero-order chi connectivity index (χ0) is 18.0. The summed E-state index contributed by atoms with van der Waals surface area (Å²) in [5.41, 5.74) is 3.48. The molecule has 0 aromatic carbocycles. The molecule has 5 nitrogen and oxygen atoms in total. The number of hydrogen-bond donors (Lipinski definition) is 1. The quantitative estimate of drug-likeness (QED) is 0.641. The van der Waals surface area contributed by atoms with Gasteiger partial charge in [-0.05, 0) is 57.3 Å². The van der Waals surface area contributed by atoms with Gasteiger partial charge in [0.2, 0.25) is 0 Å². The zero-order valence-corrected chi connectivity index (χ0v) is 15.8. The summed E-state index contributed by atoms with van der Waals surface area (Å²) in [7, 11) is 3.28. The summed E-state index contributed by atoms with van der Waals surface area (Å²) in [5.74, 6) is -0.446. The Hall–Kier alpha value is -1.92. The van der Waals surface area contributed by atoms with Crippen molar-refractivity contribution in [3.8, 4) is 0 Å². The molecule has 6 heteroatoms. The van der Waals surface area contributed by atoms with Gasteiger partial charge in [0.05, 0.1) is 24.4 Å². The van der Waals surface area contributed by atoms with Crippen molar-refractivity contribution >= 4 is 23.1 Å². The van der Waals surface area contributed by atoms with Crippen molar-refractivity contribution in [3.05, 3.63) is 44.4 Å². The van der Waals surface area contributed by atoms with Crippen molar-refractivity contribution in [2.24, 2.45) is 0 Å². The highest BCUT2D eigenvalue weighted by atomic mass is 32.1. The number of thiophene rings is 1. The lowest BCUT2D eigenvalue weighted by molar-refractivity contribution is 0.0599. The lowest BCUT2D eigenvalue weighted by atomic mass is 10.0. The summed E-state index contributed by atoms with van der Waals surface area (Å²) < 4.78 is 4.80. The molecule has 0 amide bonds. The van der Waals surface area contributed by atoms with Gasteiger partial charge in [-0.1, -0.05) is 0 Å². The highest BCUT2D eigenvalue weighted by molar-refractivity contribution is 7.10. The highest BCUT2D eigenvalue weighted by Crippen LogP contribution is 2.23. The second kappa shape index (κ2) is 7.32. The Morgan fingerprint density at radius 3 is 2.54 bits per heavy atom. The summed E-state index contributed by atoms with van der Waals surface area (Å²) in [6.07, 6.45) is 0. The summed E-state index contributed by atoms with van der Waals surface area (Å²) in [5, 5.41) is 2.06. The maximum absolute atomic E-state index is 12.9. The number of Topliss-reactive ketones (excluding diaryl/α,β-unsaturated/α-hetero) is 1. The molecule has 1 unspecified atom stereocenters. The van der Waals surface area contributed by atoms with Crippen LogP contribution >= 0.6 is 11.3 Å². The third-order valence-corrected chi connectivity index (χ3v) is 5.48. The van der Waals surface area contributed by atoms with Crippen LogP contribution in [0.4, 0.5) is 0 Å². The molecule has 0 fully saturated rings. The van der Waals surface area contributed by atoms with E-state index in [0.717, 1.165) is 6.54 Å². The molecule has 2 heterocycles. The third kappa shape index (κ3) is 3.44. The van der Waals surface area contributed by atoms with Crippen molar-refractivity contribution in [2.75, 3.05) is 14.2 Å². The Morgan fingerprint density at radius 2 is 2.00 bits per heavy atom. The van der Waals surface area contributed by atoms with Crippen LogP contribution in [0, 0.1) is 20.8 Å². The number of ether oxygens (including phenoxy) is 1. The number of esters is 1. The Balaban J connectivity index is 2.22. The topological polar surface area (TPSA) is 62.4 Å². The predicted molar refractivity (Wildman–Crippen MR) is 95.9 cm³/mol. The number of hydrogen-bond acceptors (Lipinski definition) is 5. The van der Waals surface area contributed by atoms with Gasteiger partial charge in [0, 0.05) is 17.1 Å². The summed E-state index contributed by atoms with van der Waals surface area (Å²) in [6, 6.07) is 1.79. The molecule has 2 rings (SSSR count). The van der Waals surface area contributed by atoms with Gasteiger partial charge >= 0.3 is 5.97 Å². The number of carbonyl (C=O) groups is 2. The van der Waals surface area contributed by atoms with E-state index in [4.69, 9.17) is 4.74 Å². The first-order valence-corrected chi connectivity index (χ1v) is 8.70. The molecule has 0 saturated carbocycles. The van der Waals surface area contributed by atoms with Gasteiger partial charge in [-0.15, -0.1) is 11.3 Å². The number of aryl methyl sites for hydroxylation is 2. The highest BCUT2D eigenvalue weighted by Gasteiger charge is 2.27. The van der Waals surface area contributed by atoms with Crippen LogP contribution in [0.2, 0.25) is 0 Å². The minimum Gasteiger partial charge on any atom is -0.465 e. The van der Waals surface area contributed by atoms with Gasteiger partial charge < -0.3 is 9.72 Å². The van der Waals surface area contributed by atoms with Crippen LogP contribution in [0.3, 0.4) is 0 Å². The van der Waals surface area contributed by atoms with Gasteiger partial charge in [0.1, 0.15) is 0 Å². The van der Waals surface area contributed by atoms with Crippen molar-refractivity contribution < 1.29 is 14.3 Å². The second-order valence-corrected chi connectivity index (χ2v) is 7.10. The van der Waals surface area contributed by atoms with Crippen LogP contribution in [0.25, 0.3) is 0 Å². The zero-order valence-electron chi connectivity index (χ0n) is 15.0. The molecule has 0 aliphatic carbocycles. The molecule has 130 valence electrons. The summed E-state index contributed by atoms with van der Waals surface area (Å²) >= 11 is 1.70. The standard InChI is InChI=1S/C18H24N2O3S/c1-10-7-8-24-14(10)9-20(5)13(4)17(21)16-11(2)15(12(3)19-16)18(22)23-6/h7-8,13,19H,9H2,1-6H3. The summed E-state index contributed by atoms with van der Waals surface area (Å²) in [4.78, 5) is 31.1. The molecule has 1 N–H and O–H groups in total. The van der Waals surface area contributed by atoms with E-state index >= 15 is 0 Å². The fourth-order valence-electron chi connectivity index (χ4n) is 2.74. The summed E-state index contributed by atoms with van der Waals surface area (Å²) in [6.45, 7) is 8.24. The Kier molecular flexibility index (Phi) is 5.62. The van der Waals surface area contributed by atoms with Crippen molar-refractivity contribution in [3.63, 3.8) is 0 Å². The fraction of sp³-hybridized carbons (Fsp3) is 0.444. The Bertz CT molecular complexity index is 760. The normalized spacial score (nSPS) is 12.5. The largest absolute Gasteiger partial charge is 0.465 e. The first-order valence-electron chi connectivity index (χ1n) is 7.82. The van der Waals surface area contributed by atoms with Crippen molar-refractivity contribution in [1.29, 1.82) is 0 Å². The van der Waals surface area contributed by atoms with Gasteiger partial charge in [0.15, 0.2) is 5.78 Å². The molecule has 0 spiro atoms. The van der Waals surface area contributed by atoms with E-state index in [1.807, 2.05) is 18.9 Å². The minimum absolute atomic E-state index is 0.0255. The average molecular weight is 348 g/mol. The molecule has 1 atom stereocenters. The van der Waals surface area contributed by atoms with E-state index in [-0.39, 0.29) is 11.8 Å². The molecule has 24 heavy (non-hydrogen) atoms. The fourth-order valence-corrected chi connectivity index (χ4v) is 3.71. The average Bonchev–Trinajstić information content (AvgIpc) is 3.08. The minimum atomic E-state index is -0.421. The number of nitrogens with zero attached hydrogens (tertiary/aromatic N) is 1. The molecule has 0 radical (unpaired) electrons. The maximum Gasteiger partial charge on any atom is 0.339 e. The predicted octanol–water partition coefficient (Wildman–Crippen LogP) is 3.49. The third-order valence-electron chi connectivity index (χ3n) is 4.48. The molecular weight excluding hydrogens is 324 g/mol. The number of carbonyl (C=O) groups excluding carboxylic acids is 2. The number of aromatic amines is 1. The Morgan fingerprint density at radius 1 is 1.33 bits per heavy atom. The lowest BCUT2D eigenvalue weighted by Gasteiger charge is -2.23. The lowest BCUT2D eigenvalue weighted by Crippen LogP contribution is -2.36. The van der Waals surface area contributed by atoms with Crippen LogP contribution < -0.4 is 0 Å².